The molecule has 0 atom stereocenters. The van der Waals surface area contributed by atoms with Crippen molar-refractivity contribution in [2.75, 3.05) is 4.90 Å². The van der Waals surface area contributed by atoms with E-state index in [0.29, 0.717) is 0 Å². The molecular weight excluding hydrogens is 671 g/mol. The van der Waals surface area contributed by atoms with E-state index in [0.717, 1.165) is 11.4 Å². The van der Waals surface area contributed by atoms with Crippen LogP contribution in [-0.4, -0.2) is 0 Å². The molecule has 0 aliphatic carbocycles. The molecule has 0 radical (unpaired) electrons. The summed E-state index contributed by atoms with van der Waals surface area (Å²) in [6.45, 7) is 0. The number of nitrogens with zero attached hydrogens (tertiary/aromatic N) is 1. The fourth-order valence-electron chi connectivity index (χ4n) is 7.78. The Morgan fingerprint density at radius 1 is 0.315 bits per heavy atom. The Morgan fingerprint density at radius 2 is 0.889 bits per heavy atom. The molecule has 0 aliphatic rings. The van der Waals surface area contributed by atoms with Crippen LogP contribution in [0.4, 0.5) is 17.1 Å². The molecule has 0 saturated carbocycles. The third kappa shape index (κ3) is 5.84. The average molecular weight is 706 g/mol. The maximum atomic E-state index is 2.44. The number of thiophene rings is 1. The Hall–Kier alpha value is -6.74. The summed E-state index contributed by atoms with van der Waals surface area (Å²) in [5.41, 5.74) is 13.0. The molecule has 0 aliphatic heterocycles. The second kappa shape index (κ2) is 13.7. The Morgan fingerprint density at radius 3 is 1.69 bits per heavy atom. The van der Waals surface area contributed by atoms with E-state index in [1.807, 2.05) is 11.3 Å². The zero-order valence-corrected chi connectivity index (χ0v) is 30.4. The van der Waals surface area contributed by atoms with Crippen molar-refractivity contribution in [3.63, 3.8) is 0 Å². The fraction of sp³-hybridized carbons (Fsp3) is 0. The molecule has 1 aromatic heterocycles. The van der Waals surface area contributed by atoms with Crippen LogP contribution in [0.2, 0.25) is 0 Å². The van der Waals surface area contributed by atoms with Crippen LogP contribution in [0.1, 0.15) is 0 Å². The maximum Gasteiger partial charge on any atom is 0.0640 e. The van der Waals surface area contributed by atoms with Gasteiger partial charge in [-0.3, -0.25) is 0 Å². The van der Waals surface area contributed by atoms with E-state index in [9.17, 15) is 0 Å². The van der Waals surface area contributed by atoms with Crippen molar-refractivity contribution in [2.45, 2.75) is 0 Å². The third-order valence-electron chi connectivity index (χ3n) is 10.5. The molecule has 254 valence electrons. The minimum atomic E-state index is 1.11. The molecule has 0 spiro atoms. The van der Waals surface area contributed by atoms with Crippen molar-refractivity contribution in [3.8, 4) is 44.5 Å². The zero-order valence-electron chi connectivity index (χ0n) is 29.6. The Kier molecular flexibility index (Phi) is 8.09. The van der Waals surface area contributed by atoms with Gasteiger partial charge in [-0.2, -0.15) is 0 Å². The Labute approximate surface area is 319 Å². The molecule has 54 heavy (non-hydrogen) atoms. The van der Waals surface area contributed by atoms with Gasteiger partial charge in [0, 0.05) is 26.8 Å². The Balaban J connectivity index is 1.11. The largest absolute Gasteiger partial charge is 0.309 e. The maximum absolute atomic E-state index is 2.44. The number of hydrogen-bond acceptors (Lipinski definition) is 2. The molecule has 0 unspecified atom stereocenters. The first-order valence-corrected chi connectivity index (χ1v) is 19.2. The molecule has 0 fully saturated rings. The summed E-state index contributed by atoms with van der Waals surface area (Å²) in [4.78, 5) is 2.44. The van der Waals surface area contributed by atoms with E-state index in [-0.39, 0.29) is 0 Å². The number of fused-ring (bicyclic) bond motifs is 4. The normalized spacial score (nSPS) is 11.3. The van der Waals surface area contributed by atoms with Crippen LogP contribution in [0.5, 0.6) is 0 Å². The molecular formula is C52H35NS. The van der Waals surface area contributed by atoms with Gasteiger partial charge in [-0.05, 0) is 104 Å². The number of hydrogen-bond donors (Lipinski definition) is 0. The van der Waals surface area contributed by atoms with Gasteiger partial charge >= 0.3 is 0 Å². The molecule has 0 bridgehead atoms. The van der Waals surface area contributed by atoms with E-state index in [1.165, 1.54) is 81.1 Å². The van der Waals surface area contributed by atoms with Crippen molar-refractivity contribution in [1.29, 1.82) is 0 Å². The van der Waals surface area contributed by atoms with E-state index in [4.69, 9.17) is 0 Å². The molecule has 9 aromatic carbocycles. The molecule has 10 rings (SSSR count). The standard InChI is InChI=1S/C52H35NS/c1-3-14-38(15-4-1)46-32-31-45(35-49(46)39-16-5-2-6-17-39)53(50-23-12-22-48-47-21-9-10-24-51(47)54-52(48)50)44-29-27-37(28-30-44)41-19-11-20-42(33-41)43-26-25-36-13-7-8-18-40(36)34-43/h1-35H. The summed E-state index contributed by atoms with van der Waals surface area (Å²) >= 11 is 1.86. The fourth-order valence-corrected chi connectivity index (χ4v) is 8.99. The summed E-state index contributed by atoms with van der Waals surface area (Å²) in [6, 6.07) is 77.2. The van der Waals surface area contributed by atoms with Gasteiger partial charge in [-0.15, -0.1) is 11.3 Å². The zero-order chi connectivity index (χ0) is 35.8. The lowest BCUT2D eigenvalue weighted by Gasteiger charge is -2.27. The lowest BCUT2D eigenvalue weighted by atomic mass is 9.93. The summed E-state index contributed by atoms with van der Waals surface area (Å²) in [7, 11) is 0. The summed E-state index contributed by atoms with van der Waals surface area (Å²) < 4.78 is 2.57. The smallest absolute Gasteiger partial charge is 0.0640 e. The molecule has 0 amide bonds. The first-order valence-electron chi connectivity index (χ1n) is 18.4. The third-order valence-corrected chi connectivity index (χ3v) is 11.7. The van der Waals surface area contributed by atoms with Gasteiger partial charge < -0.3 is 4.90 Å². The van der Waals surface area contributed by atoms with Gasteiger partial charge in [-0.25, -0.2) is 0 Å². The van der Waals surface area contributed by atoms with E-state index < -0.39 is 0 Å². The highest BCUT2D eigenvalue weighted by Gasteiger charge is 2.20. The van der Waals surface area contributed by atoms with Crippen LogP contribution in [0.3, 0.4) is 0 Å². The minimum Gasteiger partial charge on any atom is -0.309 e. The predicted octanol–water partition coefficient (Wildman–Crippen LogP) is 15.3. The van der Waals surface area contributed by atoms with Crippen LogP contribution in [0.25, 0.3) is 75.5 Å². The summed E-state index contributed by atoms with van der Waals surface area (Å²) in [6.07, 6.45) is 0. The quantitative estimate of drug-likeness (QED) is 0.160. The van der Waals surface area contributed by atoms with E-state index in [2.05, 4.69) is 217 Å². The number of rotatable bonds is 7. The predicted molar refractivity (Wildman–Crippen MR) is 233 cm³/mol. The molecule has 1 nitrogen and oxygen atoms in total. The SMILES string of the molecule is c1ccc(-c2ccc(N(c3ccc(-c4cccc(-c5ccc6ccccc6c5)c4)cc3)c3cccc4c3sc3ccccc34)cc2-c2ccccc2)cc1. The van der Waals surface area contributed by atoms with Crippen molar-refractivity contribution in [1.82, 2.24) is 0 Å². The highest BCUT2D eigenvalue weighted by atomic mass is 32.1. The second-order valence-electron chi connectivity index (χ2n) is 13.7. The highest BCUT2D eigenvalue weighted by Crippen LogP contribution is 2.46. The van der Waals surface area contributed by atoms with Gasteiger partial charge in [0.2, 0.25) is 0 Å². The topological polar surface area (TPSA) is 3.24 Å². The van der Waals surface area contributed by atoms with Crippen molar-refractivity contribution < 1.29 is 0 Å². The van der Waals surface area contributed by atoms with E-state index >= 15 is 0 Å². The van der Waals surface area contributed by atoms with Crippen LogP contribution in [0.15, 0.2) is 212 Å². The lowest BCUT2D eigenvalue weighted by Crippen LogP contribution is -2.10. The number of anilines is 3. The monoisotopic (exact) mass is 705 g/mol. The molecule has 10 aromatic rings. The average Bonchev–Trinajstić information content (AvgIpc) is 3.64. The van der Waals surface area contributed by atoms with Crippen LogP contribution in [0, 0.1) is 0 Å². The van der Waals surface area contributed by atoms with Crippen LogP contribution < -0.4 is 4.90 Å². The minimum absolute atomic E-state index is 1.11. The molecule has 1 heterocycles. The first kappa shape index (κ1) is 32.0. The van der Waals surface area contributed by atoms with Gasteiger partial charge in [0.25, 0.3) is 0 Å². The van der Waals surface area contributed by atoms with Gasteiger partial charge in [-0.1, -0.05) is 164 Å². The highest BCUT2D eigenvalue weighted by molar-refractivity contribution is 7.26. The van der Waals surface area contributed by atoms with Crippen molar-refractivity contribution in [3.05, 3.63) is 212 Å². The van der Waals surface area contributed by atoms with Crippen LogP contribution in [-0.2, 0) is 0 Å². The Bertz CT molecular complexity index is 2920. The van der Waals surface area contributed by atoms with Crippen LogP contribution >= 0.6 is 11.3 Å². The van der Waals surface area contributed by atoms with Gasteiger partial charge in [0.1, 0.15) is 0 Å². The second-order valence-corrected chi connectivity index (χ2v) is 14.8. The van der Waals surface area contributed by atoms with Crippen molar-refractivity contribution >= 4 is 59.3 Å². The van der Waals surface area contributed by atoms with Gasteiger partial charge in [0.15, 0.2) is 0 Å². The van der Waals surface area contributed by atoms with Gasteiger partial charge in [0.05, 0.1) is 10.4 Å². The van der Waals surface area contributed by atoms with Crippen molar-refractivity contribution in [2.24, 2.45) is 0 Å². The summed E-state index contributed by atoms with van der Waals surface area (Å²) in [5, 5.41) is 5.09. The molecule has 0 saturated heterocycles. The molecule has 2 heteroatoms. The number of benzene rings is 9. The summed E-state index contributed by atoms with van der Waals surface area (Å²) in [5.74, 6) is 0. The molecule has 0 N–H and O–H groups in total. The van der Waals surface area contributed by atoms with E-state index in [1.54, 1.807) is 0 Å². The first-order chi connectivity index (χ1) is 26.8. The lowest BCUT2D eigenvalue weighted by molar-refractivity contribution is 1.30.